The van der Waals surface area contributed by atoms with Crippen molar-refractivity contribution in [1.29, 1.82) is 0 Å². The van der Waals surface area contributed by atoms with Crippen LogP contribution in [0.4, 0.5) is 0 Å². The number of carbonyl (C=O) groups is 1. The molecule has 0 radical (unpaired) electrons. The first-order valence-electron chi connectivity index (χ1n) is 10.1. The minimum absolute atomic E-state index is 0.0500. The monoisotopic (exact) mass is 385 g/mol. The summed E-state index contributed by atoms with van der Waals surface area (Å²) >= 11 is 0. The maximum Gasteiger partial charge on any atom is 0.291 e. The second kappa shape index (κ2) is 9.73. The van der Waals surface area contributed by atoms with Gasteiger partial charge in [-0.05, 0) is 63.3 Å². The summed E-state index contributed by atoms with van der Waals surface area (Å²) in [5, 5.41) is 0. The van der Waals surface area contributed by atoms with Crippen LogP contribution in [-0.2, 0) is 6.42 Å². The standard InChI is InChI=1S/C22H31N3O3/c1-4-25(22(26)21-17(2)23-16-28-21)15-19-8-6-11-24(14-19)12-10-18-7-5-9-20(13-18)27-3/h5,7,9,13,16,19H,4,6,8,10-12,14-15H2,1-3H3/t19-/m1/s1. The highest BCUT2D eigenvalue weighted by Crippen LogP contribution is 2.20. The maximum absolute atomic E-state index is 12.8. The maximum atomic E-state index is 12.8. The van der Waals surface area contributed by atoms with Crippen LogP contribution < -0.4 is 4.74 Å². The molecule has 1 amide bonds. The van der Waals surface area contributed by atoms with Crippen molar-refractivity contribution in [2.75, 3.05) is 39.8 Å². The van der Waals surface area contributed by atoms with E-state index in [2.05, 4.69) is 22.0 Å². The molecular weight excluding hydrogens is 354 g/mol. The van der Waals surface area contributed by atoms with Crippen molar-refractivity contribution in [2.45, 2.75) is 33.1 Å². The van der Waals surface area contributed by atoms with Crippen molar-refractivity contribution in [3.8, 4) is 5.75 Å². The summed E-state index contributed by atoms with van der Waals surface area (Å²) < 4.78 is 10.6. The molecular formula is C22H31N3O3. The number of aryl methyl sites for hydroxylation is 1. The lowest BCUT2D eigenvalue weighted by Gasteiger charge is -2.35. The van der Waals surface area contributed by atoms with E-state index in [1.807, 2.05) is 30.9 Å². The minimum atomic E-state index is -0.0500. The number of oxazole rings is 1. The average molecular weight is 386 g/mol. The second-order valence-electron chi connectivity index (χ2n) is 7.52. The highest BCUT2D eigenvalue weighted by Gasteiger charge is 2.26. The summed E-state index contributed by atoms with van der Waals surface area (Å²) in [6.45, 7) is 8.47. The van der Waals surface area contributed by atoms with Gasteiger partial charge in [0.15, 0.2) is 6.39 Å². The van der Waals surface area contributed by atoms with Gasteiger partial charge < -0.3 is 19.0 Å². The fourth-order valence-electron chi connectivity index (χ4n) is 3.94. The summed E-state index contributed by atoms with van der Waals surface area (Å²) in [7, 11) is 1.70. The van der Waals surface area contributed by atoms with Gasteiger partial charge in [-0.1, -0.05) is 12.1 Å². The molecule has 152 valence electrons. The third-order valence-electron chi connectivity index (χ3n) is 5.54. The van der Waals surface area contributed by atoms with Gasteiger partial charge in [-0.3, -0.25) is 4.79 Å². The number of nitrogens with zero attached hydrogens (tertiary/aromatic N) is 3. The zero-order valence-corrected chi connectivity index (χ0v) is 17.2. The molecule has 0 unspecified atom stereocenters. The molecule has 1 aromatic heterocycles. The van der Waals surface area contributed by atoms with Crippen molar-refractivity contribution >= 4 is 5.91 Å². The zero-order chi connectivity index (χ0) is 19.9. The van der Waals surface area contributed by atoms with E-state index in [9.17, 15) is 4.79 Å². The number of ether oxygens (including phenoxy) is 1. The van der Waals surface area contributed by atoms with Crippen LogP contribution in [0, 0.1) is 12.8 Å². The van der Waals surface area contributed by atoms with Crippen molar-refractivity contribution in [1.82, 2.24) is 14.8 Å². The van der Waals surface area contributed by atoms with E-state index in [4.69, 9.17) is 9.15 Å². The average Bonchev–Trinajstić information content (AvgIpc) is 3.16. The number of piperidine rings is 1. The van der Waals surface area contributed by atoms with Crippen LogP contribution in [0.15, 0.2) is 35.1 Å². The summed E-state index contributed by atoms with van der Waals surface area (Å²) in [5.74, 6) is 1.72. The number of amides is 1. The number of benzene rings is 1. The number of hydrogen-bond acceptors (Lipinski definition) is 5. The molecule has 1 saturated heterocycles. The molecule has 1 aliphatic heterocycles. The largest absolute Gasteiger partial charge is 0.497 e. The lowest BCUT2D eigenvalue weighted by molar-refractivity contribution is 0.0659. The molecule has 28 heavy (non-hydrogen) atoms. The van der Waals surface area contributed by atoms with Crippen LogP contribution in [0.1, 0.15) is 41.6 Å². The van der Waals surface area contributed by atoms with Crippen molar-refractivity contribution in [3.63, 3.8) is 0 Å². The van der Waals surface area contributed by atoms with E-state index >= 15 is 0 Å². The topological polar surface area (TPSA) is 58.8 Å². The van der Waals surface area contributed by atoms with Crippen molar-refractivity contribution in [2.24, 2.45) is 5.92 Å². The van der Waals surface area contributed by atoms with Crippen molar-refractivity contribution < 1.29 is 13.9 Å². The van der Waals surface area contributed by atoms with Crippen molar-refractivity contribution in [3.05, 3.63) is 47.7 Å². The summed E-state index contributed by atoms with van der Waals surface area (Å²) in [4.78, 5) is 21.2. The molecule has 2 heterocycles. The molecule has 1 atom stereocenters. The molecule has 0 bridgehead atoms. The predicted octanol–water partition coefficient (Wildman–Crippen LogP) is 3.41. The Kier molecular flexibility index (Phi) is 7.09. The molecule has 3 rings (SSSR count). The third kappa shape index (κ3) is 5.13. The Labute approximate surface area is 167 Å². The molecule has 1 fully saturated rings. The normalized spacial score (nSPS) is 17.5. The summed E-state index contributed by atoms with van der Waals surface area (Å²) in [6, 6.07) is 8.29. The van der Waals surface area contributed by atoms with Gasteiger partial charge in [0.05, 0.1) is 12.8 Å². The number of aromatic nitrogens is 1. The molecule has 1 aromatic carbocycles. The Morgan fingerprint density at radius 1 is 1.43 bits per heavy atom. The van der Waals surface area contributed by atoms with Gasteiger partial charge in [-0.25, -0.2) is 4.98 Å². The number of carbonyl (C=O) groups excluding carboxylic acids is 1. The SMILES string of the molecule is CCN(C[C@@H]1CCCN(CCc2cccc(OC)c2)C1)C(=O)c1ocnc1C. The Hall–Kier alpha value is -2.34. The lowest BCUT2D eigenvalue weighted by atomic mass is 9.96. The van der Waals surface area contributed by atoms with Crippen LogP contribution in [0.2, 0.25) is 0 Å². The summed E-state index contributed by atoms with van der Waals surface area (Å²) in [5.41, 5.74) is 1.96. The molecule has 1 aliphatic rings. The molecule has 2 aromatic rings. The van der Waals surface area contributed by atoms with Gasteiger partial charge in [0.2, 0.25) is 5.76 Å². The fraction of sp³-hybridized carbons (Fsp3) is 0.545. The smallest absolute Gasteiger partial charge is 0.291 e. The predicted molar refractivity (Wildman–Crippen MR) is 109 cm³/mol. The van der Waals surface area contributed by atoms with Crippen LogP contribution in [0.25, 0.3) is 0 Å². The van der Waals surface area contributed by atoms with Crippen LogP contribution >= 0.6 is 0 Å². The van der Waals surface area contributed by atoms with Gasteiger partial charge >= 0.3 is 0 Å². The van der Waals surface area contributed by atoms with Gasteiger partial charge in [-0.2, -0.15) is 0 Å². The van der Waals surface area contributed by atoms with E-state index in [-0.39, 0.29) is 5.91 Å². The van der Waals surface area contributed by atoms with Crippen LogP contribution in [0.3, 0.4) is 0 Å². The number of likely N-dealkylation sites (tertiary alicyclic amines) is 1. The molecule has 0 saturated carbocycles. The Balaban J connectivity index is 1.53. The van der Waals surface area contributed by atoms with E-state index in [1.165, 1.54) is 18.4 Å². The highest BCUT2D eigenvalue weighted by molar-refractivity contribution is 5.92. The first-order chi connectivity index (χ1) is 13.6. The fourth-order valence-corrected chi connectivity index (χ4v) is 3.94. The van der Waals surface area contributed by atoms with E-state index in [1.54, 1.807) is 7.11 Å². The van der Waals surface area contributed by atoms with Crippen LogP contribution in [0.5, 0.6) is 5.75 Å². The Morgan fingerprint density at radius 3 is 3.00 bits per heavy atom. The van der Waals surface area contributed by atoms with E-state index in [0.717, 1.165) is 44.8 Å². The second-order valence-corrected chi connectivity index (χ2v) is 7.52. The molecule has 0 spiro atoms. The number of methoxy groups -OCH3 is 1. The van der Waals surface area contributed by atoms with E-state index < -0.39 is 0 Å². The quantitative estimate of drug-likeness (QED) is 0.697. The third-order valence-corrected chi connectivity index (χ3v) is 5.54. The van der Waals surface area contributed by atoms with Gasteiger partial charge in [0.1, 0.15) is 5.75 Å². The lowest BCUT2D eigenvalue weighted by Crippen LogP contribution is -2.43. The van der Waals surface area contributed by atoms with E-state index in [0.29, 0.717) is 23.9 Å². The Morgan fingerprint density at radius 2 is 2.29 bits per heavy atom. The minimum Gasteiger partial charge on any atom is -0.497 e. The summed E-state index contributed by atoms with van der Waals surface area (Å²) in [6.07, 6.45) is 4.69. The highest BCUT2D eigenvalue weighted by atomic mass is 16.5. The molecule has 0 aliphatic carbocycles. The molecule has 6 nitrogen and oxygen atoms in total. The first-order valence-corrected chi connectivity index (χ1v) is 10.1. The van der Waals surface area contributed by atoms with Crippen LogP contribution in [-0.4, -0.2) is 60.5 Å². The van der Waals surface area contributed by atoms with Gasteiger partial charge in [0.25, 0.3) is 5.91 Å². The molecule has 0 N–H and O–H groups in total. The number of rotatable bonds is 8. The number of hydrogen-bond donors (Lipinski definition) is 0. The molecule has 6 heteroatoms. The first kappa shape index (κ1) is 20.4. The Bertz CT molecular complexity index is 774. The van der Waals surface area contributed by atoms with Gasteiger partial charge in [-0.15, -0.1) is 0 Å². The zero-order valence-electron chi connectivity index (χ0n) is 17.2. The van der Waals surface area contributed by atoms with Gasteiger partial charge in [0, 0.05) is 26.2 Å².